The zero-order valence-corrected chi connectivity index (χ0v) is 13.1. The molecule has 1 fully saturated rings. The molecule has 0 N–H and O–H groups in total. The normalized spacial score (nSPS) is 18.8. The summed E-state index contributed by atoms with van der Waals surface area (Å²) in [7, 11) is 0. The van der Waals surface area contributed by atoms with Crippen molar-refractivity contribution >= 4 is 17.2 Å². The Morgan fingerprint density at radius 1 is 1.33 bits per heavy atom. The molecule has 1 atom stereocenters. The number of hydrogen-bond acceptors (Lipinski definition) is 5. The van der Waals surface area contributed by atoms with Gasteiger partial charge in [0.25, 0.3) is 5.91 Å². The zero-order chi connectivity index (χ0) is 14.8. The van der Waals surface area contributed by atoms with E-state index in [0.29, 0.717) is 12.5 Å². The SMILES string of the molecule is Cc1nc(C2CCCN(C(=O)c3ncccn3)C2)sc1C. The quantitative estimate of drug-likeness (QED) is 0.855. The van der Waals surface area contributed by atoms with Crippen LogP contribution in [0.1, 0.15) is 45.0 Å². The lowest BCUT2D eigenvalue weighted by Gasteiger charge is -2.31. The van der Waals surface area contributed by atoms with Crippen LogP contribution in [0.5, 0.6) is 0 Å². The van der Waals surface area contributed by atoms with Crippen molar-refractivity contribution < 1.29 is 4.79 Å². The number of aryl methyl sites for hydroxylation is 2. The standard InChI is InChI=1S/C15H18N4OS/c1-10-11(2)21-14(18-10)12-5-3-8-19(9-12)15(20)13-16-6-4-7-17-13/h4,6-7,12H,3,5,8-9H2,1-2H3. The lowest BCUT2D eigenvalue weighted by molar-refractivity contribution is 0.0694. The maximum absolute atomic E-state index is 12.4. The summed E-state index contributed by atoms with van der Waals surface area (Å²) in [4.78, 5) is 28.3. The fourth-order valence-corrected chi connectivity index (χ4v) is 3.63. The van der Waals surface area contributed by atoms with Crippen LogP contribution in [0.15, 0.2) is 18.5 Å². The number of aromatic nitrogens is 3. The smallest absolute Gasteiger partial charge is 0.291 e. The third kappa shape index (κ3) is 2.95. The highest BCUT2D eigenvalue weighted by molar-refractivity contribution is 7.11. The van der Waals surface area contributed by atoms with Crippen molar-refractivity contribution in [3.8, 4) is 0 Å². The Hall–Kier alpha value is -1.82. The molecule has 2 aromatic heterocycles. The molecule has 3 rings (SSSR count). The molecule has 1 aliphatic rings. The summed E-state index contributed by atoms with van der Waals surface area (Å²) in [6, 6.07) is 1.72. The highest BCUT2D eigenvalue weighted by atomic mass is 32.1. The van der Waals surface area contributed by atoms with Crippen LogP contribution in [-0.2, 0) is 0 Å². The molecule has 110 valence electrons. The molecule has 1 aliphatic heterocycles. The molecule has 0 aromatic carbocycles. The molecular formula is C15H18N4OS. The lowest BCUT2D eigenvalue weighted by Crippen LogP contribution is -2.39. The number of thiazole rings is 1. The van der Waals surface area contributed by atoms with Gasteiger partial charge >= 0.3 is 0 Å². The summed E-state index contributed by atoms with van der Waals surface area (Å²) in [5.74, 6) is 0.541. The number of amides is 1. The second kappa shape index (κ2) is 5.89. The molecule has 21 heavy (non-hydrogen) atoms. The predicted molar refractivity (Wildman–Crippen MR) is 81.5 cm³/mol. The molecule has 1 saturated heterocycles. The second-order valence-corrected chi connectivity index (χ2v) is 6.59. The molecular weight excluding hydrogens is 284 g/mol. The van der Waals surface area contributed by atoms with Gasteiger partial charge in [0.05, 0.1) is 10.7 Å². The molecule has 0 radical (unpaired) electrons. The van der Waals surface area contributed by atoms with Gasteiger partial charge in [0.2, 0.25) is 5.82 Å². The van der Waals surface area contributed by atoms with E-state index in [-0.39, 0.29) is 11.7 Å². The van der Waals surface area contributed by atoms with Gasteiger partial charge in [-0.2, -0.15) is 0 Å². The van der Waals surface area contributed by atoms with E-state index < -0.39 is 0 Å². The van der Waals surface area contributed by atoms with E-state index in [1.54, 1.807) is 29.8 Å². The number of carbonyl (C=O) groups is 1. The van der Waals surface area contributed by atoms with Gasteiger partial charge in [-0.3, -0.25) is 4.79 Å². The third-order valence-electron chi connectivity index (χ3n) is 3.86. The van der Waals surface area contributed by atoms with Crippen LogP contribution < -0.4 is 0 Å². The topological polar surface area (TPSA) is 59.0 Å². The Morgan fingerprint density at radius 2 is 2.10 bits per heavy atom. The molecule has 2 aromatic rings. The van der Waals surface area contributed by atoms with E-state index in [1.165, 1.54) is 4.88 Å². The first-order valence-corrected chi connectivity index (χ1v) is 7.97. The van der Waals surface area contributed by atoms with Crippen molar-refractivity contribution in [3.05, 3.63) is 39.9 Å². The fraction of sp³-hybridized carbons (Fsp3) is 0.467. The van der Waals surface area contributed by atoms with Crippen molar-refractivity contribution in [1.29, 1.82) is 0 Å². The maximum atomic E-state index is 12.4. The monoisotopic (exact) mass is 302 g/mol. The van der Waals surface area contributed by atoms with Crippen LogP contribution in [0.25, 0.3) is 0 Å². The minimum atomic E-state index is -0.0784. The molecule has 0 bridgehead atoms. The molecule has 3 heterocycles. The first-order valence-electron chi connectivity index (χ1n) is 7.15. The van der Waals surface area contributed by atoms with Crippen LogP contribution >= 0.6 is 11.3 Å². The van der Waals surface area contributed by atoms with Gasteiger partial charge in [0.1, 0.15) is 0 Å². The second-order valence-electron chi connectivity index (χ2n) is 5.36. The van der Waals surface area contributed by atoms with Crippen LogP contribution in [0.4, 0.5) is 0 Å². The van der Waals surface area contributed by atoms with Crippen LogP contribution in [0.3, 0.4) is 0 Å². The minimum absolute atomic E-state index is 0.0784. The van der Waals surface area contributed by atoms with E-state index in [2.05, 4.69) is 21.9 Å². The number of piperidine rings is 1. The first kappa shape index (κ1) is 14.1. The Morgan fingerprint density at radius 3 is 2.76 bits per heavy atom. The lowest BCUT2D eigenvalue weighted by atomic mass is 9.98. The molecule has 5 nitrogen and oxygen atoms in total. The summed E-state index contributed by atoms with van der Waals surface area (Å²) < 4.78 is 0. The van der Waals surface area contributed by atoms with Crippen molar-refractivity contribution in [2.45, 2.75) is 32.6 Å². The fourth-order valence-electron chi connectivity index (χ4n) is 2.59. The molecule has 6 heteroatoms. The largest absolute Gasteiger partial charge is 0.335 e. The van der Waals surface area contributed by atoms with Crippen LogP contribution in [0, 0.1) is 13.8 Å². The van der Waals surface area contributed by atoms with Crippen molar-refractivity contribution in [2.24, 2.45) is 0 Å². The van der Waals surface area contributed by atoms with Gasteiger partial charge in [-0.1, -0.05) is 0 Å². The summed E-state index contributed by atoms with van der Waals surface area (Å²) in [6.45, 7) is 5.62. The number of likely N-dealkylation sites (tertiary alicyclic amines) is 1. The van der Waals surface area contributed by atoms with E-state index in [0.717, 1.165) is 30.1 Å². The van der Waals surface area contributed by atoms with Crippen molar-refractivity contribution in [2.75, 3.05) is 13.1 Å². The van der Waals surface area contributed by atoms with Gasteiger partial charge in [-0.15, -0.1) is 11.3 Å². The molecule has 0 saturated carbocycles. The van der Waals surface area contributed by atoms with Gasteiger partial charge < -0.3 is 4.90 Å². The van der Waals surface area contributed by atoms with Crippen molar-refractivity contribution in [1.82, 2.24) is 19.9 Å². The average molecular weight is 302 g/mol. The molecule has 1 unspecified atom stereocenters. The van der Waals surface area contributed by atoms with E-state index in [1.807, 2.05) is 11.8 Å². The Balaban J connectivity index is 1.75. The van der Waals surface area contributed by atoms with Crippen LogP contribution in [0.2, 0.25) is 0 Å². The number of carbonyl (C=O) groups excluding carboxylic acids is 1. The summed E-state index contributed by atoms with van der Waals surface area (Å²) in [5, 5.41) is 1.15. The zero-order valence-electron chi connectivity index (χ0n) is 12.2. The summed E-state index contributed by atoms with van der Waals surface area (Å²) >= 11 is 1.75. The third-order valence-corrected chi connectivity index (χ3v) is 5.10. The van der Waals surface area contributed by atoms with Gasteiger partial charge in [-0.05, 0) is 32.8 Å². The van der Waals surface area contributed by atoms with Crippen LogP contribution in [-0.4, -0.2) is 38.8 Å². The van der Waals surface area contributed by atoms with E-state index >= 15 is 0 Å². The van der Waals surface area contributed by atoms with Crippen molar-refractivity contribution in [3.63, 3.8) is 0 Å². The summed E-state index contributed by atoms with van der Waals surface area (Å²) in [5.41, 5.74) is 1.10. The van der Waals surface area contributed by atoms with E-state index in [9.17, 15) is 4.79 Å². The highest BCUT2D eigenvalue weighted by Crippen LogP contribution is 2.31. The summed E-state index contributed by atoms with van der Waals surface area (Å²) in [6.07, 6.45) is 5.30. The number of nitrogens with zero attached hydrogens (tertiary/aromatic N) is 4. The van der Waals surface area contributed by atoms with Gasteiger partial charge in [0.15, 0.2) is 0 Å². The number of rotatable bonds is 2. The van der Waals surface area contributed by atoms with E-state index in [4.69, 9.17) is 0 Å². The van der Waals surface area contributed by atoms with Gasteiger partial charge in [0, 0.05) is 36.3 Å². The Kier molecular flexibility index (Phi) is 3.96. The average Bonchev–Trinajstić information content (AvgIpc) is 2.87. The Bertz CT molecular complexity index is 621. The maximum Gasteiger partial charge on any atom is 0.291 e. The first-order chi connectivity index (χ1) is 10.1. The number of hydrogen-bond donors (Lipinski definition) is 0. The Labute approximate surface area is 128 Å². The highest BCUT2D eigenvalue weighted by Gasteiger charge is 2.28. The molecule has 0 aliphatic carbocycles. The molecule has 1 amide bonds. The van der Waals surface area contributed by atoms with Gasteiger partial charge in [-0.25, -0.2) is 15.0 Å². The predicted octanol–water partition coefficient (Wildman–Crippen LogP) is 2.57. The minimum Gasteiger partial charge on any atom is -0.335 e. The molecule has 0 spiro atoms.